The molecule has 1 amide bonds. The SMILES string of the molecule is Cc1cccc(Cn2cccc(C(=O)N/N=C\c3cccs3)c2=O)c1. The minimum Gasteiger partial charge on any atom is -0.310 e. The van der Waals surface area contributed by atoms with Crippen molar-refractivity contribution in [3.05, 3.63) is 92.0 Å². The van der Waals surface area contributed by atoms with Crippen LogP contribution in [0.1, 0.15) is 26.4 Å². The fraction of sp³-hybridized carbons (Fsp3) is 0.105. The fourth-order valence-electron chi connectivity index (χ4n) is 2.42. The summed E-state index contributed by atoms with van der Waals surface area (Å²) in [7, 11) is 0. The topological polar surface area (TPSA) is 63.5 Å². The van der Waals surface area contributed by atoms with Gasteiger partial charge in [0.15, 0.2) is 0 Å². The molecule has 25 heavy (non-hydrogen) atoms. The van der Waals surface area contributed by atoms with Gasteiger partial charge in [0.25, 0.3) is 11.5 Å². The number of benzene rings is 1. The summed E-state index contributed by atoms with van der Waals surface area (Å²) in [5.74, 6) is -0.517. The van der Waals surface area contributed by atoms with E-state index in [-0.39, 0.29) is 11.1 Å². The first-order chi connectivity index (χ1) is 12.1. The van der Waals surface area contributed by atoms with Crippen LogP contribution in [0.15, 0.2) is 70.0 Å². The van der Waals surface area contributed by atoms with Gasteiger partial charge in [-0.1, -0.05) is 35.9 Å². The molecule has 0 atom stereocenters. The lowest BCUT2D eigenvalue weighted by Gasteiger charge is -2.08. The Morgan fingerprint density at radius 1 is 1.24 bits per heavy atom. The van der Waals surface area contributed by atoms with Crippen LogP contribution in [0.2, 0.25) is 0 Å². The summed E-state index contributed by atoms with van der Waals surface area (Å²) in [6, 6.07) is 14.9. The maximum atomic E-state index is 12.5. The van der Waals surface area contributed by atoms with Crippen LogP contribution in [-0.2, 0) is 6.54 Å². The molecule has 3 aromatic rings. The van der Waals surface area contributed by atoms with E-state index in [2.05, 4.69) is 10.5 Å². The summed E-state index contributed by atoms with van der Waals surface area (Å²) in [4.78, 5) is 25.7. The van der Waals surface area contributed by atoms with Crippen molar-refractivity contribution in [2.75, 3.05) is 0 Å². The molecule has 0 aliphatic rings. The molecule has 0 unspecified atom stereocenters. The van der Waals surface area contributed by atoms with E-state index in [9.17, 15) is 9.59 Å². The van der Waals surface area contributed by atoms with Gasteiger partial charge in [-0.05, 0) is 36.1 Å². The third kappa shape index (κ3) is 4.30. The van der Waals surface area contributed by atoms with E-state index in [1.807, 2.05) is 48.7 Å². The van der Waals surface area contributed by atoms with Crippen molar-refractivity contribution in [1.82, 2.24) is 9.99 Å². The molecule has 2 heterocycles. The second-order valence-electron chi connectivity index (χ2n) is 5.56. The number of nitrogens with one attached hydrogen (secondary N) is 1. The number of aromatic nitrogens is 1. The average Bonchev–Trinajstić information content (AvgIpc) is 3.10. The van der Waals surface area contributed by atoms with Crippen LogP contribution in [-0.4, -0.2) is 16.7 Å². The Hall–Kier alpha value is -2.99. The molecule has 0 aliphatic heterocycles. The van der Waals surface area contributed by atoms with Crippen LogP contribution >= 0.6 is 11.3 Å². The van der Waals surface area contributed by atoms with Gasteiger partial charge in [0.1, 0.15) is 5.56 Å². The third-order valence-electron chi connectivity index (χ3n) is 3.60. The van der Waals surface area contributed by atoms with Gasteiger partial charge < -0.3 is 4.57 Å². The van der Waals surface area contributed by atoms with Crippen LogP contribution < -0.4 is 11.0 Å². The zero-order chi connectivity index (χ0) is 17.6. The monoisotopic (exact) mass is 351 g/mol. The van der Waals surface area contributed by atoms with E-state index in [0.717, 1.165) is 16.0 Å². The van der Waals surface area contributed by atoms with Gasteiger partial charge in [-0.25, -0.2) is 5.43 Å². The number of thiophene rings is 1. The molecule has 2 aromatic heterocycles. The maximum absolute atomic E-state index is 12.5. The summed E-state index contributed by atoms with van der Waals surface area (Å²) < 4.78 is 1.52. The summed E-state index contributed by atoms with van der Waals surface area (Å²) in [5, 5.41) is 5.82. The molecule has 0 saturated carbocycles. The van der Waals surface area contributed by atoms with E-state index in [0.29, 0.717) is 6.54 Å². The van der Waals surface area contributed by atoms with Crippen molar-refractivity contribution in [2.45, 2.75) is 13.5 Å². The normalized spacial score (nSPS) is 10.9. The highest BCUT2D eigenvalue weighted by Crippen LogP contribution is 2.06. The summed E-state index contributed by atoms with van der Waals surface area (Å²) in [6.45, 7) is 2.42. The first-order valence-electron chi connectivity index (χ1n) is 7.75. The van der Waals surface area contributed by atoms with E-state index >= 15 is 0 Å². The fourth-order valence-corrected chi connectivity index (χ4v) is 3.01. The molecule has 3 rings (SSSR count). The van der Waals surface area contributed by atoms with Gasteiger partial charge in [-0.15, -0.1) is 11.3 Å². The van der Waals surface area contributed by atoms with Crippen molar-refractivity contribution in [3.8, 4) is 0 Å². The minimum atomic E-state index is -0.517. The van der Waals surface area contributed by atoms with Crippen LogP contribution in [0, 0.1) is 6.92 Å². The third-order valence-corrected chi connectivity index (χ3v) is 4.41. The van der Waals surface area contributed by atoms with Crippen LogP contribution in [0.4, 0.5) is 0 Å². The quantitative estimate of drug-likeness (QED) is 0.567. The standard InChI is InChI=1S/C19H17N3O2S/c1-14-5-2-6-15(11-14)13-22-9-3-8-17(19(22)24)18(23)21-20-12-16-7-4-10-25-16/h2-12H,13H2,1H3,(H,21,23)/b20-12-. The molecule has 1 aromatic carbocycles. The predicted molar refractivity (Wildman–Crippen MR) is 100 cm³/mol. The number of amides is 1. The van der Waals surface area contributed by atoms with E-state index < -0.39 is 5.91 Å². The molecule has 0 spiro atoms. The number of hydrazone groups is 1. The van der Waals surface area contributed by atoms with Gasteiger partial charge >= 0.3 is 0 Å². The van der Waals surface area contributed by atoms with Crippen molar-refractivity contribution < 1.29 is 4.79 Å². The zero-order valence-electron chi connectivity index (χ0n) is 13.7. The van der Waals surface area contributed by atoms with Gasteiger partial charge in [-0.3, -0.25) is 9.59 Å². The Morgan fingerprint density at radius 2 is 2.12 bits per heavy atom. The highest BCUT2D eigenvalue weighted by atomic mass is 32.1. The Balaban J connectivity index is 1.76. The highest BCUT2D eigenvalue weighted by molar-refractivity contribution is 7.11. The predicted octanol–water partition coefficient (Wildman–Crippen LogP) is 3.03. The van der Waals surface area contributed by atoms with Crippen molar-refractivity contribution in [2.24, 2.45) is 5.10 Å². The Bertz CT molecular complexity index is 959. The first-order valence-corrected chi connectivity index (χ1v) is 8.63. The van der Waals surface area contributed by atoms with Crippen LogP contribution in [0.5, 0.6) is 0 Å². The number of rotatable bonds is 5. The van der Waals surface area contributed by atoms with E-state index in [4.69, 9.17) is 0 Å². The number of carbonyl (C=O) groups excluding carboxylic acids is 1. The Morgan fingerprint density at radius 3 is 2.88 bits per heavy atom. The first kappa shape index (κ1) is 16.9. The molecule has 0 radical (unpaired) electrons. The molecule has 6 heteroatoms. The lowest BCUT2D eigenvalue weighted by Crippen LogP contribution is -2.30. The molecule has 5 nitrogen and oxygen atoms in total. The smallest absolute Gasteiger partial charge is 0.276 e. The highest BCUT2D eigenvalue weighted by Gasteiger charge is 2.11. The Labute approximate surface area is 149 Å². The number of hydrogen-bond acceptors (Lipinski definition) is 4. The van der Waals surface area contributed by atoms with Crippen molar-refractivity contribution in [1.29, 1.82) is 0 Å². The molecule has 0 aliphatic carbocycles. The second-order valence-corrected chi connectivity index (χ2v) is 6.54. The van der Waals surface area contributed by atoms with E-state index in [1.165, 1.54) is 22.0 Å². The van der Waals surface area contributed by atoms with Gasteiger partial charge in [0, 0.05) is 11.1 Å². The number of aryl methyl sites for hydroxylation is 1. The lowest BCUT2D eigenvalue weighted by molar-refractivity contribution is 0.0953. The van der Waals surface area contributed by atoms with Gasteiger partial charge in [0.2, 0.25) is 0 Å². The average molecular weight is 351 g/mol. The van der Waals surface area contributed by atoms with Gasteiger partial charge in [-0.2, -0.15) is 5.10 Å². The molecule has 0 fully saturated rings. The van der Waals surface area contributed by atoms with Crippen LogP contribution in [0.25, 0.3) is 0 Å². The zero-order valence-corrected chi connectivity index (χ0v) is 14.5. The van der Waals surface area contributed by atoms with Gasteiger partial charge in [0.05, 0.1) is 12.8 Å². The molecule has 0 bridgehead atoms. The molecule has 126 valence electrons. The number of pyridine rings is 1. The van der Waals surface area contributed by atoms with Crippen LogP contribution in [0.3, 0.4) is 0 Å². The Kier molecular flexibility index (Phi) is 5.20. The lowest BCUT2D eigenvalue weighted by atomic mass is 10.1. The summed E-state index contributed by atoms with van der Waals surface area (Å²) in [6.07, 6.45) is 3.23. The molecular formula is C19H17N3O2S. The summed E-state index contributed by atoms with van der Waals surface area (Å²) >= 11 is 1.51. The van der Waals surface area contributed by atoms with E-state index in [1.54, 1.807) is 18.5 Å². The number of hydrogen-bond donors (Lipinski definition) is 1. The number of nitrogens with zero attached hydrogens (tertiary/aromatic N) is 2. The second kappa shape index (κ2) is 7.72. The maximum Gasteiger partial charge on any atom is 0.276 e. The molecule has 0 saturated heterocycles. The largest absolute Gasteiger partial charge is 0.310 e. The molecular weight excluding hydrogens is 334 g/mol. The number of carbonyl (C=O) groups is 1. The minimum absolute atomic E-state index is 0.0680. The molecule has 1 N–H and O–H groups in total. The van der Waals surface area contributed by atoms with Crippen molar-refractivity contribution >= 4 is 23.5 Å². The summed E-state index contributed by atoms with van der Waals surface area (Å²) in [5.41, 5.74) is 4.27. The van der Waals surface area contributed by atoms with Crippen molar-refractivity contribution in [3.63, 3.8) is 0 Å².